The van der Waals surface area contributed by atoms with Crippen molar-refractivity contribution in [1.29, 1.82) is 0 Å². The maximum Gasteiger partial charge on any atom is 0.258 e. The topological polar surface area (TPSA) is 72.0 Å². The molecule has 0 saturated heterocycles. The Balaban J connectivity index is 1.44. The second kappa shape index (κ2) is 7.67. The molecule has 32 heavy (non-hydrogen) atoms. The highest BCUT2D eigenvalue weighted by Crippen LogP contribution is 2.37. The Morgan fingerprint density at radius 2 is 1.84 bits per heavy atom. The molecule has 2 aliphatic heterocycles. The van der Waals surface area contributed by atoms with Crippen LogP contribution >= 0.6 is 0 Å². The maximum atomic E-state index is 13.1. The first-order chi connectivity index (χ1) is 15.5. The highest BCUT2D eigenvalue weighted by molar-refractivity contribution is 6.10. The molecule has 0 radical (unpaired) electrons. The minimum Gasteiger partial charge on any atom is -0.491 e. The van der Waals surface area contributed by atoms with Crippen LogP contribution in [0.15, 0.2) is 48.7 Å². The molecule has 5 rings (SSSR count). The number of amides is 2. The Hall–Kier alpha value is -3.87. The van der Waals surface area contributed by atoms with Crippen LogP contribution in [0.4, 0.5) is 11.4 Å². The minimum atomic E-state index is -0.0154. The molecule has 0 atom stereocenters. The number of methoxy groups -OCH3 is 2. The quantitative estimate of drug-likeness (QED) is 0.630. The van der Waals surface area contributed by atoms with Gasteiger partial charge in [-0.3, -0.25) is 9.59 Å². The van der Waals surface area contributed by atoms with Crippen LogP contribution in [0.3, 0.4) is 0 Å². The zero-order valence-corrected chi connectivity index (χ0v) is 18.2. The minimum absolute atomic E-state index is 0.0154. The fraction of sp³-hybridized carbons (Fsp3) is 0.240. The summed E-state index contributed by atoms with van der Waals surface area (Å²) in [6, 6.07) is 13.6. The van der Waals surface area contributed by atoms with Crippen LogP contribution in [0.5, 0.6) is 11.6 Å². The van der Waals surface area contributed by atoms with Gasteiger partial charge < -0.3 is 19.3 Å². The molecule has 3 heterocycles. The summed E-state index contributed by atoms with van der Waals surface area (Å²) in [6.45, 7) is 2.76. The van der Waals surface area contributed by atoms with E-state index in [2.05, 4.69) is 4.98 Å². The number of hydrogen-bond donors (Lipinski definition) is 0. The molecule has 162 valence electrons. The smallest absolute Gasteiger partial charge is 0.258 e. The van der Waals surface area contributed by atoms with Gasteiger partial charge in [-0.2, -0.15) is 0 Å². The molecule has 0 fully saturated rings. The van der Waals surface area contributed by atoms with Crippen molar-refractivity contribution in [3.05, 3.63) is 65.4 Å². The lowest BCUT2D eigenvalue weighted by Gasteiger charge is -2.19. The van der Waals surface area contributed by atoms with Gasteiger partial charge in [0, 0.05) is 42.2 Å². The van der Waals surface area contributed by atoms with E-state index in [4.69, 9.17) is 9.47 Å². The Morgan fingerprint density at radius 3 is 2.59 bits per heavy atom. The van der Waals surface area contributed by atoms with E-state index in [-0.39, 0.29) is 11.8 Å². The molecular weight excluding hydrogens is 406 g/mol. The summed E-state index contributed by atoms with van der Waals surface area (Å²) in [4.78, 5) is 32.8. The number of carbonyl (C=O) groups excluding carboxylic acids is 2. The molecule has 3 aromatic rings. The first kappa shape index (κ1) is 20.1. The normalized spacial score (nSPS) is 14.4. The van der Waals surface area contributed by atoms with Gasteiger partial charge in [-0.05, 0) is 59.5 Å². The van der Waals surface area contributed by atoms with Gasteiger partial charge in [0.2, 0.25) is 5.91 Å². The van der Waals surface area contributed by atoms with Crippen molar-refractivity contribution in [2.45, 2.75) is 19.9 Å². The highest BCUT2D eigenvalue weighted by Gasteiger charge is 2.30. The summed E-state index contributed by atoms with van der Waals surface area (Å²) in [5.41, 5.74) is 6.40. The number of aromatic nitrogens is 1. The average molecular weight is 429 g/mol. The fourth-order valence-corrected chi connectivity index (χ4v) is 4.48. The van der Waals surface area contributed by atoms with Gasteiger partial charge in [-0.15, -0.1) is 0 Å². The Labute approximate surface area is 186 Å². The fourth-order valence-electron chi connectivity index (χ4n) is 4.48. The SMILES string of the molecule is COc1cc(-c2ccc3c(c2)CN(c2ccc4c(c2)CCN4C(C)=O)C3=O)cnc1OC. The van der Waals surface area contributed by atoms with Crippen LogP contribution in [0.2, 0.25) is 0 Å². The number of fused-ring (bicyclic) bond motifs is 2. The summed E-state index contributed by atoms with van der Waals surface area (Å²) < 4.78 is 10.6. The van der Waals surface area contributed by atoms with Crippen molar-refractivity contribution in [3.63, 3.8) is 0 Å². The second-order valence-electron chi connectivity index (χ2n) is 7.93. The largest absolute Gasteiger partial charge is 0.491 e. The number of ether oxygens (including phenoxy) is 2. The molecule has 0 bridgehead atoms. The lowest BCUT2D eigenvalue weighted by atomic mass is 10.0. The molecule has 2 aromatic carbocycles. The predicted molar refractivity (Wildman–Crippen MR) is 121 cm³/mol. The van der Waals surface area contributed by atoms with Crippen molar-refractivity contribution >= 4 is 23.2 Å². The number of anilines is 2. The molecule has 2 aliphatic rings. The number of rotatable bonds is 4. The molecular formula is C25H23N3O4. The van der Waals surface area contributed by atoms with E-state index in [1.165, 1.54) is 0 Å². The van der Waals surface area contributed by atoms with Crippen molar-refractivity contribution in [3.8, 4) is 22.8 Å². The summed E-state index contributed by atoms with van der Waals surface area (Å²) >= 11 is 0. The summed E-state index contributed by atoms with van der Waals surface area (Å²) in [5, 5.41) is 0. The zero-order valence-electron chi connectivity index (χ0n) is 18.2. The van der Waals surface area contributed by atoms with Crippen molar-refractivity contribution in [2.75, 3.05) is 30.6 Å². The van der Waals surface area contributed by atoms with E-state index in [0.717, 1.165) is 40.0 Å². The molecule has 7 heteroatoms. The monoisotopic (exact) mass is 429 g/mol. The van der Waals surface area contributed by atoms with Crippen LogP contribution < -0.4 is 19.3 Å². The summed E-state index contributed by atoms with van der Waals surface area (Å²) in [5.74, 6) is 1.01. The number of pyridine rings is 1. The number of nitrogens with zero attached hydrogens (tertiary/aromatic N) is 3. The predicted octanol–water partition coefficient (Wildman–Crippen LogP) is 3.84. The van der Waals surface area contributed by atoms with Gasteiger partial charge in [0.15, 0.2) is 5.75 Å². The average Bonchev–Trinajstić information content (AvgIpc) is 3.39. The second-order valence-corrected chi connectivity index (χ2v) is 7.93. The third-order valence-corrected chi connectivity index (χ3v) is 6.12. The summed E-state index contributed by atoms with van der Waals surface area (Å²) in [7, 11) is 3.13. The molecule has 0 saturated carbocycles. The lowest BCUT2D eigenvalue weighted by molar-refractivity contribution is -0.116. The van der Waals surface area contributed by atoms with Gasteiger partial charge in [0.1, 0.15) is 0 Å². The Morgan fingerprint density at radius 1 is 1.00 bits per heavy atom. The van der Waals surface area contributed by atoms with Crippen LogP contribution in [0.25, 0.3) is 11.1 Å². The standard InChI is InChI=1S/C25H23N3O4/c1-15(29)27-9-8-17-11-20(5-7-22(17)27)28-14-19-10-16(4-6-21(19)25(28)30)18-12-23(31-2)24(32-3)26-13-18/h4-7,10-13H,8-9,14H2,1-3H3. The van der Waals surface area contributed by atoms with Gasteiger partial charge in [0.25, 0.3) is 11.8 Å². The van der Waals surface area contributed by atoms with E-state index < -0.39 is 0 Å². The maximum absolute atomic E-state index is 13.1. The molecule has 1 aromatic heterocycles. The lowest BCUT2D eigenvalue weighted by Crippen LogP contribution is -2.26. The van der Waals surface area contributed by atoms with Crippen LogP contribution in [0, 0.1) is 0 Å². The van der Waals surface area contributed by atoms with Gasteiger partial charge in [-0.1, -0.05) is 6.07 Å². The Bertz CT molecular complexity index is 1250. The molecule has 0 spiro atoms. The van der Waals surface area contributed by atoms with E-state index >= 15 is 0 Å². The first-order valence-electron chi connectivity index (χ1n) is 10.4. The van der Waals surface area contributed by atoms with Crippen LogP contribution in [0.1, 0.15) is 28.4 Å². The van der Waals surface area contributed by atoms with Crippen LogP contribution in [-0.4, -0.2) is 37.6 Å². The first-order valence-corrected chi connectivity index (χ1v) is 10.4. The van der Waals surface area contributed by atoms with E-state index in [1.807, 2.05) is 42.5 Å². The molecule has 0 unspecified atom stereocenters. The molecule has 0 aliphatic carbocycles. The van der Waals surface area contributed by atoms with E-state index in [0.29, 0.717) is 30.3 Å². The summed E-state index contributed by atoms with van der Waals surface area (Å²) in [6.07, 6.45) is 2.53. The van der Waals surface area contributed by atoms with Crippen molar-refractivity contribution in [2.24, 2.45) is 0 Å². The molecule has 2 amide bonds. The molecule has 7 nitrogen and oxygen atoms in total. The van der Waals surface area contributed by atoms with E-state index in [9.17, 15) is 9.59 Å². The third kappa shape index (κ3) is 3.17. The van der Waals surface area contributed by atoms with Crippen molar-refractivity contribution in [1.82, 2.24) is 4.98 Å². The number of carbonyl (C=O) groups is 2. The van der Waals surface area contributed by atoms with Crippen LogP contribution in [-0.2, 0) is 17.8 Å². The van der Waals surface area contributed by atoms with Crippen molar-refractivity contribution < 1.29 is 19.1 Å². The van der Waals surface area contributed by atoms with E-state index in [1.54, 1.807) is 37.1 Å². The van der Waals surface area contributed by atoms with Gasteiger partial charge in [-0.25, -0.2) is 4.98 Å². The number of hydrogen-bond acceptors (Lipinski definition) is 5. The molecule has 0 N–H and O–H groups in total. The number of benzene rings is 2. The van der Waals surface area contributed by atoms with Gasteiger partial charge in [0.05, 0.1) is 20.8 Å². The zero-order chi connectivity index (χ0) is 22.4. The van der Waals surface area contributed by atoms with Gasteiger partial charge >= 0.3 is 0 Å². The Kier molecular flexibility index (Phi) is 4.81. The third-order valence-electron chi connectivity index (χ3n) is 6.12. The highest BCUT2D eigenvalue weighted by atomic mass is 16.5.